The summed E-state index contributed by atoms with van der Waals surface area (Å²) in [4.78, 5) is 70.1. The number of aldehydes is 1. The van der Waals surface area contributed by atoms with Crippen molar-refractivity contribution < 1.29 is 24.0 Å². The average molecular weight is 571 g/mol. The molecule has 0 saturated carbocycles. The molecule has 1 heterocycles. The normalized spacial score (nSPS) is 14.3. The van der Waals surface area contributed by atoms with Gasteiger partial charge < -0.3 is 35.5 Å². The lowest BCUT2D eigenvalue weighted by atomic mass is 9.99. The third kappa shape index (κ3) is 8.63. The number of aromatic nitrogens is 1. The van der Waals surface area contributed by atoms with Crippen LogP contribution in [0.4, 0.5) is 0 Å². The number of carbonyl (C=O) groups is 5. The third-order valence-corrected chi connectivity index (χ3v) is 7.45. The number of nitrogens with one attached hydrogen (secondary N) is 4. The monoisotopic (exact) mass is 570 g/mol. The molecule has 2 rings (SSSR count). The number of para-hydroxylation sites is 1. The van der Waals surface area contributed by atoms with E-state index in [0.29, 0.717) is 12.7 Å². The largest absolute Gasteiger partial charge is 0.361 e. The summed E-state index contributed by atoms with van der Waals surface area (Å²) in [5.74, 6) is -1.55. The van der Waals surface area contributed by atoms with Gasteiger partial charge in [0, 0.05) is 37.6 Å². The highest BCUT2D eigenvalue weighted by Gasteiger charge is 2.36. The van der Waals surface area contributed by atoms with Gasteiger partial charge in [-0.2, -0.15) is 0 Å². The molecule has 0 radical (unpaired) electrons. The second kappa shape index (κ2) is 15.3. The molecule has 11 nitrogen and oxygen atoms in total. The molecule has 4 N–H and O–H groups in total. The minimum atomic E-state index is -0.930. The van der Waals surface area contributed by atoms with E-state index >= 15 is 0 Å². The Labute approximate surface area is 242 Å². The fourth-order valence-electron chi connectivity index (χ4n) is 4.79. The van der Waals surface area contributed by atoms with Crippen molar-refractivity contribution in [1.82, 2.24) is 30.7 Å². The second-order valence-corrected chi connectivity index (χ2v) is 11.3. The molecule has 226 valence electrons. The summed E-state index contributed by atoms with van der Waals surface area (Å²) < 4.78 is 0. The van der Waals surface area contributed by atoms with Gasteiger partial charge in [-0.1, -0.05) is 45.9 Å². The van der Waals surface area contributed by atoms with Gasteiger partial charge in [0.15, 0.2) is 0 Å². The molecule has 11 heteroatoms. The Morgan fingerprint density at radius 2 is 1.61 bits per heavy atom. The molecule has 0 aliphatic heterocycles. The fraction of sp³-hybridized carbons (Fsp3) is 0.567. The van der Waals surface area contributed by atoms with E-state index in [1.54, 1.807) is 20.2 Å². The standard InChI is InChI=1S/C30H46N6O5/c1-18(2)15-24(31-6)27(38)34-26(19(3)4)30(41)35(7)20(5)29(40)36(8)25(28(39)32-13-14-37)16-21-17-33-23-12-10-9-11-22(21)23/h9-12,14,17-20,24-26,31,33H,13,15-16H2,1-8H3,(H,32,39)(H,34,38)/t20-,24-,25-,26-/m0/s1. The highest BCUT2D eigenvalue weighted by atomic mass is 16.2. The summed E-state index contributed by atoms with van der Waals surface area (Å²) in [5.41, 5.74) is 1.74. The van der Waals surface area contributed by atoms with Crippen LogP contribution in [0.25, 0.3) is 10.9 Å². The van der Waals surface area contributed by atoms with Crippen LogP contribution in [0.5, 0.6) is 0 Å². The third-order valence-electron chi connectivity index (χ3n) is 7.45. The van der Waals surface area contributed by atoms with Crippen LogP contribution >= 0.6 is 0 Å². The van der Waals surface area contributed by atoms with Gasteiger partial charge in [-0.15, -0.1) is 0 Å². The van der Waals surface area contributed by atoms with Crippen LogP contribution in [0.2, 0.25) is 0 Å². The van der Waals surface area contributed by atoms with Crippen molar-refractivity contribution in [2.24, 2.45) is 11.8 Å². The molecule has 2 aromatic rings. The van der Waals surface area contributed by atoms with E-state index in [1.165, 1.54) is 23.9 Å². The van der Waals surface area contributed by atoms with Crippen LogP contribution in [-0.2, 0) is 30.4 Å². The predicted octanol–water partition coefficient (Wildman–Crippen LogP) is 1.47. The van der Waals surface area contributed by atoms with E-state index in [9.17, 15) is 24.0 Å². The molecule has 0 saturated heterocycles. The number of hydrogen-bond acceptors (Lipinski definition) is 6. The SMILES string of the molecule is CN[C@@H](CC(C)C)C(=O)N[C@H](C(=O)N(C)[C@@H](C)C(=O)N(C)[C@@H](Cc1c[nH]c2ccccc12)C(=O)NCC=O)C(C)C. The summed E-state index contributed by atoms with van der Waals surface area (Å²) in [6.07, 6.45) is 3.20. The van der Waals surface area contributed by atoms with E-state index in [2.05, 4.69) is 20.9 Å². The molecule has 0 aliphatic rings. The van der Waals surface area contributed by atoms with Gasteiger partial charge in [0.25, 0.3) is 0 Å². The van der Waals surface area contributed by atoms with Gasteiger partial charge in [-0.05, 0) is 43.9 Å². The number of H-pyrrole nitrogens is 1. The molecule has 0 unspecified atom stereocenters. The smallest absolute Gasteiger partial charge is 0.245 e. The van der Waals surface area contributed by atoms with E-state index in [4.69, 9.17) is 0 Å². The van der Waals surface area contributed by atoms with Crippen LogP contribution in [0, 0.1) is 11.8 Å². The summed E-state index contributed by atoms with van der Waals surface area (Å²) in [5, 5.41) is 9.36. The van der Waals surface area contributed by atoms with Gasteiger partial charge in [0.05, 0.1) is 12.6 Å². The quantitative estimate of drug-likeness (QED) is 0.239. The van der Waals surface area contributed by atoms with Gasteiger partial charge in [-0.25, -0.2) is 0 Å². The Balaban J connectivity index is 2.25. The highest BCUT2D eigenvalue weighted by Crippen LogP contribution is 2.21. The van der Waals surface area contributed by atoms with Crippen molar-refractivity contribution in [2.75, 3.05) is 27.7 Å². The Morgan fingerprint density at radius 3 is 2.20 bits per heavy atom. The highest BCUT2D eigenvalue weighted by molar-refractivity contribution is 5.95. The summed E-state index contributed by atoms with van der Waals surface area (Å²) >= 11 is 0. The lowest BCUT2D eigenvalue weighted by molar-refractivity contribution is -0.148. The second-order valence-electron chi connectivity index (χ2n) is 11.3. The van der Waals surface area contributed by atoms with Crippen molar-refractivity contribution in [2.45, 2.75) is 71.6 Å². The minimum absolute atomic E-state index is 0.181. The maximum Gasteiger partial charge on any atom is 0.245 e. The predicted molar refractivity (Wildman–Crippen MR) is 159 cm³/mol. The summed E-state index contributed by atoms with van der Waals surface area (Å²) in [6, 6.07) is 4.50. The van der Waals surface area contributed by atoms with Crippen molar-refractivity contribution in [3.05, 3.63) is 36.0 Å². The number of likely N-dealkylation sites (N-methyl/N-ethyl adjacent to an activating group) is 3. The van der Waals surface area contributed by atoms with Crippen molar-refractivity contribution in [3.8, 4) is 0 Å². The number of fused-ring (bicyclic) bond motifs is 1. The Morgan fingerprint density at radius 1 is 0.951 bits per heavy atom. The molecule has 0 fully saturated rings. The first kappa shape index (κ1) is 33.5. The molecule has 4 amide bonds. The first-order valence-corrected chi connectivity index (χ1v) is 14.1. The number of aromatic amines is 1. The molecule has 4 atom stereocenters. The molecule has 1 aromatic heterocycles. The Bertz CT molecular complexity index is 1210. The average Bonchev–Trinajstić information content (AvgIpc) is 3.36. The van der Waals surface area contributed by atoms with Gasteiger partial charge >= 0.3 is 0 Å². The number of carbonyl (C=O) groups excluding carboxylic acids is 5. The molecule has 0 spiro atoms. The lowest BCUT2D eigenvalue weighted by Gasteiger charge is -2.35. The van der Waals surface area contributed by atoms with Crippen molar-refractivity contribution in [1.29, 1.82) is 0 Å². The summed E-state index contributed by atoms with van der Waals surface area (Å²) in [6.45, 7) is 9.12. The fourth-order valence-corrected chi connectivity index (χ4v) is 4.79. The van der Waals surface area contributed by atoms with Gasteiger partial charge in [-0.3, -0.25) is 19.2 Å². The number of nitrogens with zero attached hydrogens (tertiary/aromatic N) is 2. The first-order chi connectivity index (χ1) is 19.3. The summed E-state index contributed by atoms with van der Waals surface area (Å²) in [7, 11) is 4.74. The number of rotatable bonds is 15. The van der Waals surface area contributed by atoms with Crippen LogP contribution in [0.3, 0.4) is 0 Å². The van der Waals surface area contributed by atoms with Gasteiger partial charge in [0.1, 0.15) is 24.4 Å². The lowest BCUT2D eigenvalue weighted by Crippen LogP contribution is -2.59. The molecule has 41 heavy (non-hydrogen) atoms. The van der Waals surface area contributed by atoms with E-state index < -0.39 is 41.9 Å². The zero-order chi connectivity index (χ0) is 30.9. The number of amides is 4. The topological polar surface area (TPSA) is 144 Å². The molecule has 1 aromatic carbocycles. The van der Waals surface area contributed by atoms with Crippen LogP contribution in [0.1, 0.15) is 46.6 Å². The maximum atomic E-state index is 13.7. The number of benzene rings is 1. The molecule has 0 aliphatic carbocycles. The zero-order valence-corrected chi connectivity index (χ0v) is 25.5. The van der Waals surface area contributed by atoms with Gasteiger partial charge in [0.2, 0.25) is 23.6 Å². The zero-order valence-electron chi connectivity index (χ0n) is 25.5. The minimum Gasteiger partial charge on any atom is -0.361 e. The first-order valence-electron chi connectivity index (χ1n) is 14.1. The maximum absolute atomic E-state index is 13.7. The van der Waals surface area contributed by atoms with Crippen molar-refractivity contribution >= 4 is 40.8 Å². The van der Waals surface area contributed by atoms with E-state index in [0.717, 1.165) is 16.5 Å². The van der Waals surface area contributed by atoms with Crippen LogP contribution in [0.15, 0.2) is 30.5 Å². The Kier molecular flexibility index (Phi) is 12.5. The van der Waals surface area contributed by atoms with E-state index in [1.807, 2.05) is 52.0 Å². The van der Waals surface area contributed by atoms with Crippen molar-refractivity contribution in [3.63, 3.8) is 0 Å². The van der Waals surface area contributed by atoms with E-state index in [-0.39, 0.29) is 30.7 Å². The van der Waals surface area contributed by atoms with Crippen LogP contribution in [-0.4, -0.2) is 96.6 Å². The molecular formula is C30H46N6O5. The van der Waals surface area contributed by atoms with Crippen LogP contribution < -0.4 is 16.0 Å². The molecule has 0 bridgehead atoms. The number of hydrogen-bond donors (Lipinski definition) is 4. The Hall–Kier alpha value is -3.73. The molecular weight excluding hydrogens is 524 g/mol.